The second-order valence-corrected chi connectivity index (χ2v) is 4.99. The number of benzene rings is 1. The van der Waals surface area contributed by atoms with Crippen molar-refractivity contribution in [3.8, 4) is 0 Å². The van der Waals surface area contributed by atoms with Crippen molar-refractivity contribution < 1.29 is 9.90 Å². The van der Waals surface area contributed by atoms with E-state index in [4.69, 9.17) is 16.7 Å². The highest BCUT2D eigenvalue weighted by molar-refractivity contribution is 6.31. The van der Waals surface area contributed by atoms with Gasteiger partial charge in [0.25, 0.3) is 0 Å². The lowest BCUT2D eigenvalue weighted by Gasteiger charge is -2.18. The predicted molar refractivity (Wildman–Crippen MR) is 66.5 cm³/mol. The van der Waals surface area contributed by atoms with E-state index in [1.54, 1.807) is 0 Å². The maximum atomic E-state index is 11.1. The molecule has 2 N–H and O–H groups in total. The highest BCUT2D eigenvalue weighted by atomic mass is 35.5. The van der Waals surface area contributed by atoms with Gasteiger partial charge in [-0.25, -0.2) is 0 Å². The molecule has 0 radical (unpaired) electrons. The Labute approximate surface area is 103 Å². The third kappa shape index (κ3) is 1.71. The Kier molecular flexibility index (Phi) is 2.37. The molecule has 1 heterocycles. The standard InChI is InChI=1S/C13H12ClNO2/c14-8-2-4-12-10(6-8)9-5-7(13(16)17)1-3-11(9)15-12/h2,4,6-7,15H,1,3,5H2,(H,16,17). The monoisotopic (exact) mass is 249 g/mol. The largest absolute Gasteiger partial charge is 0.481 e. The Bertz CT molecular complexity index is 603. The van der Waals surface area contributed by atoms with Crippen LogP contribution >= 0.6 is 11.6 Å². The molecule has 0 spiro atoms. The predicted octanol–water partition coefficient (Wildman–Crippen LogP) is 3.01. The third-order valence-electron chi connectivity index (χ3n) is 3.50. The number of aromatic nitrogens is 1. The van der Waals surface area contributed by atoms with Gasteiger partial charge in [-0.15, -0.1) is 0 Å². The molecule has 1 aliphatic rings. The number of halogens is 1. The van der Waals surface area contributed by atoms with Crippen molar-refractivity contribution in [3.05, 3.63) is 34.5 Å². The van der Waals surface area contributed by atoms with E-state index in [-0.39, 0.29) is 5.92 Å². The van der Waals surface area contributed by atoms with Gasteiger partial charge in [0, 0.05) is 21.6 Å². The molecule has 3 nitrogen and oxygen atoms in total. The zero-order chi connectivity index (χ0) is 12.0. The highest BCUT2D eigenvalue weighted by Gasteiger charge is 2.26. The van der Waals surface area contributed by atoms with Crippen molar-refractivity contribution >= 4 is 28.5 Å². The summed E-state index contributed by atoms with van der Waals surface area (Å²) in [6, 6.07) is 5.71. The first-order chi connectivity index (χ1) is 8.15. The summed E-state index contributed by atoms with van der Waals surface area (Å²) in [5, 5.41) is 10.9. The summed E-state index contributed by atoms with van der Waals surface area (Å²) >= 11 is 5.99. The van der Waals surface area contributed by atoms with Crippen LogP contribution in [-0.2, 0) is 17.6 Å². The number of carbonyl (C=O) groups is 1. The lowest BCUT2D eigenvalue weighted by Crippen LogP contribution is -2.21. The first kappa shape index (κ1) is 10.7. The number of hydrogen-bond acceptors (Lipinski definition) is 1. The van der Waals surface area contributed by atoms with Gasteiger partial charge in [0.15, 0.2) is 0 Å². The fourth-order valence-electron chi connectivity index (χ4n) is 2.60. The SMILES string of the molecule is O=C(O)C1CCc2[nH]c3ccc(Cl)cc3c2C1. The molecule has 0 aliphatic heterocycles. The number of aromatic amines is 1. The van der Waals surface area contributed by atoms with Gasteiger partial charge < -0.3 is 10.1 Å². The first-order valence-electron chi connectivity index (χ1n) is 5.67. The molecule has 1 unspecified atom stereocenters. The minimum absolute atomic E-state index is 0.263. The molecule has 1 aromatic heterocycles. The molecule has 17 heavy (non-hydrogen) atoms. The Balaban J connectivity index is 2.13. The number of carboxylic acid groups (broad SMARTS) is 1. The number of aryl methyl sites for hydroxylation is 1. The van der Waals surface area contributed by atoms with Crippen LogP contribution < -0.4 is 0 Å². The number of fused-ring (bicyclic) bond motifs is 3. The van der Waals surface area contributed by atoms with Gasteiger partial charge in [-0.3, -0.25) is 4.79 Å². The fourth-order valence-corrected chi connectivity index (χ4v) is 2.77. The lowest BCUT2D eigenvalue weighted by atomic mass is 9.86. The van der Waals surface area contributed by atoms with Gasteiger partial charge in [0.1, 0.15) is 0 Å². The minimum atomic E-state index is -0.702. The van der Waals surface area contributed by atoms with Gasteiger partial charge in [-0.1, -0.05) is 11.6 Å². The van der Waals surface area contributed by atoms with E-state index in [1.807, 2.05) is 18.2 Å². The number of nitrogens with one attached hydrogen (secondary N) is 1. The number of hydrogen-bond donors (Lipinski definition) is 2. The molecular formula is C13H12ClNO2. The molecule has 88 valence electrons. The van der Waals surface area contributed by atoms with Gasteiger partial charge in [0.2, 0.25) is 0 Å². The van der Waals surface area contributed by atoms with Crippen LogP contribution in [0.3, 0.4) is 0 Å². The van der Waals surface area contributed by atoms with Crippen LogP contribution in [0, 0.1) is 5.92 Å². The van der Waals surface area contributed by atoms with Crippen molar-refractivity contribution in [2.75, 3.05) is 0 Å². The van der Waals surface area contributed by atoms with Crippen LogP contribution in [-0.4, -0.2) is 16.1 Å². The van der Waals surface area contributed by atoms with Crippen molar-refractivity contribution in [2.45, 2.75) is 19.3 Å². The molecule has 0 bridgehead atoms. The molecule has 0 saturated carbocycles. The summed E-state index contributed by atoms with van der Waals surface area (Å²) in [4.78, 5) is 14.4. The first-order valence-corrected chi connectivity index (χ1v) is 6.04. The summed E-state index contributed by atoms with van der Waals surface area (Å²) in [6.45, 7) is 0. The average molecular weight is 250 g/mol. The van der Waals surface area contributed by atoms with Gasteiger partial charge in [-0.2, -0.15) is 0 Å². The van der Waals surface area contributed by atoms with E-state index in [1.165, 1.54) is 5.69 Å². The average Bonchev–Trinajstić information content (AvgIpc) is 2.66. The Morgan fingerprint density at radius 1 is 1.47 bits per heavy atom. The van der Waals surface area contributed by atoms with Crippen molar-refractivity contribution in [1.82, 2.24) is 4.98 Å². The van der Waals surface area contributed by atoms with Crippen LogP contribution in [0.5, 0.6) is 0 Å². The summed E-state index contributed by atoms with van der Waals surface area (Å²) in [7, 11) is 0. The highest BCUT2D eigenvalue weighted by Crippen LogP contribution is 2.33. The van der Waals surface area contributed by atoms with Gasteiger partial charge in [0.05, 0.1) is 5.92 Å². The molecule has 1 atom stereocenters. The molecule has 1 aromatic carbocycles. The van der Waals surface area contributed by atoms with Crippen LogP contribution in [0.1, 0.15) is 17.7 Å². The number of rotatable bonds is 1. The Morgan fingerprint density at radius 2 is 2.29 bits per heavy atom. The normalized spacial score (nSPS) is 19.2. The molecule has 0 saturated heterocycles. The second-order valence-electron chi connectivity index (χ2n) is 4.55. The topological polar surface area (TPSA) is 53.1 Å². The fraction of sp³-hybridized carbons (Fsp3) is 0.308. The Hall–Kier alpha value is -1.48. The summed E-state index contributed by atoms with van der Waals surface area (Å²) in [5.41, 5.74) is 3.34. The van der Waals surface area contributed by atoms with E-state index in [9.17, 15) is 4.79 Å². The quantitative estimate of drug-likeness (QED) is 0.816. The van der Waals surface area contributed by atoms with Crippen molar-refractivity contribution in [2.24, 2.45) is 5.92 Å². The maximum Gasteiger partial charge on any atom is 0.306 e. The van der Waals surface area contributed by atoms with E-state index >= 15 is 0 Å². The molecule has 2 aromatic rings. The molecule has 3 rings (SSSR count). The minimum Gasteiger partial charge on any atom is -0.481 e. The molecule has 1 aliphatic carbocycles. The number of aliphatic carboxylic acids is 1. The van der Waals surface area contributed by atoms with Crippen molar-refractivity contribution in [1.29, 1.82) is 0 Å². The van der Waals surface area contributed by atoms with Crippen LogP contribution in [0.2, 0.25) is 5.02 Å². The van der Waals surface area contributed by atoms with E-state index in [2.05, 4.69) is 4.98 Å². The van der Waals surface area contributed by atoms with Gasteiger partial charge in [-0.05, 0) is 43.0 Å². The summed E-state index contributed by atoms with van der Waals surface area (Å²) in [5.74, 6) is -0.965. The zero-order valence-electron chi connectivity index (χ0n) is 9.16. The van der Waals surface area contributed by atoms with Crippen molar-refractivity contribution in [3.63, 3.8) is 0 Å². The summed E-state index contributed by atoms with van der Waals surface area (Å²) in [6.07, 6.45) is 2.12. The van der Waals surface area contributed by atoms with Gasteiger partial charge >= 0.3 is 5.97 Å². The van der Waals surface area contributed by atoms with Crippen LogP contribution in [0.25, 0.3) is 10.9 Å². The lowest BCUT2D eigenvalue weighted by molar-refractivity contribution is -0.142. The summed E-state index contributed by atoms with van der Waals surface area (Å²) < 4.78 is 0. The third-order valence-corrected chi connectivity index (χ3v) is 3.73. The van der Waals surface area contributed by atoms with E-state index in [0.29, 0.717) is 17.9 Å². The smallest absolute Gasteiger partial charge is 0.306 e. The molecule has 0 amide bonds. The van der Waals surface area contributed by atoms with E-state index in [0.717, 1.165) is 22.9 Å². The number of H-pyrrole nitrogens is 1. The zero-order valence-corrected chi connectivity index (χ0v) is 9.92. The van der Waals surface area contributed by atoms with Crippen LogP contribution in [0.4, 0.5) is 0 Å². The van der Waals surface area contributed by atoms with E-state index < -0.39 is 5.97 Å². The second kappa shape index (κ2) is 3.77. The molecule has 0 fully saturated rings. The number of carboxylic acids is 1. The molecular weight excluding hydrogens is 238 g/mol. The maximum absolute atomic E-state index is 11.1. The van der Waals surface area contributed by atoms with Crippen LogP contribution in [0.15, 0.2) is 18.2 Å². The molecule has 4 heteroatoms. The Morgan fingerprint density at radius 3 is 3.06 bits per heavy atom.